The molecule has 29 heavy (non-hydrogen) atoms. The predicted molar refractivity (Wildman–Crippen MR) is 114 cm³/mol. The normalized spacial score (nSPS) is 23.3. The minimum Gasteiger partial charge on any atom is -0.493 e. The lowest BCUT2D eigenvalue weighted by molar-refractivity contribution is -0.143. The highest BCUT2D eigenvalue weighted by atomic mass is 79.9. The molecule has 0 saturated carbocycles. The van der Waals surface area contributed by atoms with Crippen LogP contribution in [0.1, 0.15) is 45.1 Å². The van der Waals surface area contributed by atoms with E-state index in [0.717, 1.165) is 15.7 Å². The van der Waals surface area contributed by atoms with Crippen LogP contribution in [0.25, 0.3) is 0 Å². The first kappa shape index (κ1) is 21.6. The van der Waals surface area contributed by atoms with E-state index < -0.39 is 17.8 Å². The van der Waals surface area contributed by atoms with Gasteiger partial charge >= 0.3 is 5.97 Å². The van der Waals surface area contributed by atoms with Crippen LogP contribution in [-0.4, -0.2) is 38.8 Å². The van der Waals surface area contributed by atoms with E-state index in [1.54, 1.807) is 20.3 Å². The van der Waals surface area contributed by atoms with Crippen molar-refractivity contribution in [3.05, 3.63) is 33.4 Å². The Morgan fingerprint density at radius 2 is 1.76 bits per heavy atom. The van der Waals surface area contributed by atoms with Crippen molar-refractivity contribution >= 4 is 33.4 Å². The van der Waals surface area contributed by atoms with Crippen molar-refractivity contribution in [2.75, 3.05) is 21.3 Å². The number of aliphatic imine (C=N–C) groups is 1. The summed E-state index contributed by atoms with van der Waals surface area (Å²) in [5.74, 6) is -0.495. The Bertz CT molecular complexity index is 931. The first-order chi connectivity index (χ1) is 13.6. The molecule has 2 atom stereocenters. The fraction of sp³-hybridized carbons (Fsp3) is 0.500. The lowest BCUT2D eigenvalue weighted by Gasteiger charge is -2.39. The van der Waals surface area contributed by atoms with Crippen LogP contribution in [0.4, 0.5) is 0 Å². The van der Waals surface area contributed by atoms with Gasteiger partial charge in [-0.05, 0) is 36.5 Å². The molecule has 7 heteroatoms. The molecule has 0 saturated heterocycles. The summed E-state index contributed by atoms with van der Waals surface area (Å²) in [5.41, 5.74) is 2.60. The Labute approximate surface area is 179 Å². The molecule has 6 nitrogen and oxygen atoms in total. The van der Waals surface area contributed by atoms with Crippen LogP contribution in [0.15, 0.2) is 32.9 Å². The van der Waals surface area contributed by atoms with Crippen LogP contribution in [0, 0.1) is 11.3 Å². The molecule has 0 aromatic heterocycles. The van der Waals surface area contributed by atoms with E-state index in [-0.39, 0.29) is 11.2 Å². The van der Waals surface area contributed by atoms with Gasteiger partial charge < -0.3 is 14.2 Å². The molecule has 0 bridgehead atoms. The first-order valence-corrected chi connectivity index (χ1v) is 10.2. The summed E-state index contributed by atoms with van der Waals surface area (Å²) in [7, 11) is 4.47. The van der Waals surface area contributed by atoms with Gasteiger partial charge in [-0.25, -0.2) is 0 Å². The summed E-state index contributed by atoms with van der Waals surface area (Å²) in [6, 6.07) is 3.61. The van der Waals surface area contributed by atoms with Crippen molar-refractivity contribution in [3.63, 3.8) is 0 Å². The molecule has 1 aromatic rings. The van der Waals surface area contributed by atoms with Crippen LogP contribution < -0.4 is 9.47 Å². The average Bonchev–Trinajstić information content (AvgIpc) is 2.65. The van der Waals surface area contributed by atoms with E-state index in [1.165, 1.54) is 7.11 Å². The highest BCUT2D eigenvalue weighted by Gasteiger charge is 2.46. The number of rotatable bonds is 4. The number of ether oxygens (including phenoxy) is 3. The summed E-state index contributed by atoms with van der Waals surface area (Å²) in [6.45, 7) is 5.94. The van der Waals surface area contributed by atoms with E-state index >= 15 is 0 Å². The zero-order valence-electron chi connectivity index (χ0n) is 17.6. The molecule has 1 aliphatic heterocycles. The highest BCUT2D eigenvalue weighted by Crippen LogP contribution is 2.50. The first-order valence-electron chi connectivity index (χ1n) is 9.44. The largest absolute Gasteiger partial charge is 0.493 e. The lowest BCUT2D eigenvalue weighted by atomic mass is 9.67. The predicted octanol–water partition coefficient (Wildman–Crippen LogP) is 4.46. The van der Waals surface area contributed by atoms with Crippen LogP contribution in [0.3, 0.4) is 0 Å². The molecule has 0 radical (unpaired) electrons. The topological polar surface area (TPSA) is 74.2 Å². The molecular formula is C22H26BrNO5. The number of nitrogens with zero attached hydrogens (tertiary/aromatic N) is 1. The Hall–Kier alpha value is -2.15. The molecule has 1 heterocycles. The molecule has 1 aromatic carbocycles. The van der Waals surface area contributed by atoms with Gasteiger partial charge in [0.2, 0.25) is 0 Å². The number of hydrogen-bond donors (Lipinski definition) is 0. The number of ketones is 1. The molecule has 1 aliphatic carbocycles. The Morgan fingerprint density at radius 1 is 1.14 bits per heavy atom. The Kier molecular flexibility index (Phi) is 5.90. The van der Waals surface area contributed by atoms with Crippen molar-refractivity contribution in [3.8, 4) is 11.5 Å². The zero-order chi connectivity index (χ0) is 21.5. The minimum absolute atomic E-state index is 0.0214. The summed E-state index contributed by atoms with van der Waals surface area (Å²) in [4.78, 5) is 30.7. The maximum absolute atomic E-state index is 13.2. The fourth-order valence-corrected chi connectivity index (χ4v) is 4.89. The van der Waals surface area contributed by atoms with Crippen LogP contribution in [0.5, 0.6) is 11.5 Å². The van der Waals surface area contributed by atoms with Gasteiger partial charge in [0.15, 0.2) is 17.3 Å². The maximum Gasteiger partial charge on any atom is 0.315 e. The quantitative estimate of drug-likeness (QED) is 0.616. The van der Waals surface area contributed by atoms with Gasteiger partial charge in [-0.3, -0.25) is 14.6 Å². The van der Waals surface area contributed by atoms with E-state index in [0.29, 0.717) is 35.6 Å². The van der Waals surface area contributed by atoms with Gasteiger partial charge in [0.1, 0.15) is 5.92 Å². The van der Waals surface area contributed by atoms with Gasteiger partial charge in [-0.2, -0.15) is 0 Å². The molecule has 3 rings (SSSR count). The van der Waals surface area contributed by atoms with Crippen molar-refractivity contribution < 1.29 is 23.8 Å². The number of allylic oxidation sites excluding steroid dienone is 2. The molecule has 0 amide bonds. The summed E-state index contributed by atoms with van der Waals surface area (Å²) >= 11 is 3.60. The third-order valence-corrected chi connectivity index (χ3v) is 6.28. The second-order valence-electron chi connectivity index (χ2n) is 8.26. The van der Waals surface area contributed by atoms with Crippen molar-refractivity contribution in [2.24, 2.45) is 16.3 Å². The van der Waals surface area contributed by atoms with Gasteiger partial charge in [0.05, 0.1) is 21.3 Å². The summed E-state index contributed by atoms with van der Waals surface area (Å²) in [5, 5.41) is 0. The highest BCUT2D eigenvalue weighted by molar-refractivity contribution is 9.10. The number of benzene rings is 1. The number of carbonyl (C=O) groups is 2. The van der Waals surface area contributed by atoms with E-state index in [9.17, 15) is 9.59 Å². The second kappa shape index (κ2) is 7.94. The van der Waals surface area contributed by atoms with Crippen LogP contribution >= 0.6 is 15.9 Å². The molecule has 0 spiro atoms. The SMILES string of the molecule is COC(=O)C1C(C)=NC2=C(C(=O)CC(C)(C)C2)[C@@H]1c1cc(OC)c(OC)cc1Br. The smallest absolute Gasteiger partial charge is 0.315 e. The van der Waals surface area contributed by atoms with Crippen molar-refractivity contribution in [1.82, 2.24) is 0 Å². The molecule has 156 valence electrons. The maximum atomic E-state index is 13.2. The lowest BCUT2D eigenvalue weighted by Crippen LogP contribution is -2.39. The molecule has 0 fully saturated rings. The summed E-state index contributed by atoms with van der Waals surface area (Å²) in [6.07, 6.45) is 1.09. The number of Topliss-reactive ketones (excluding diaryl/α,β-unsaturated/α-hetero) is 1. The number of methoxy groups -OCH3 is 3. The molecule has 1 unspecified atom stereocenters. The minimum atomic E-state index is -0.682. The second-order valence-corrected chi connectivity index (χ2v) is 9.12. The van der Waals surface area contributed by atoms with Crippen LogP contribution in [0.2, 0.25) is 0 Å². The number of esters is 1. The van der Waals surface area contributed by atoms with Gasteiger partial charge in [-0.1, -0.05) is 29.8 Å². The summed E-state index contributed by atoms with van der Waals surface area (Å²) < 4.78 is 16.7. The van der Waals surface area contributed by atoms with E-state index in [1.807, 2.05) is 13.0 Å². The zero-order valence-corrected chi connectivity index (χ0v) is 19.2. The van der Waals surface area contributed by atoms with Gasteiger partial charge in [0, 0.05) is 33.8 Å². The average molecular weight is 464 g/mol. The molecule has 2 aliphatic rings. The monoisotopic (exact) mass is 463 g/mol. The molecular weight excluding hydrogens is 438 g/mol. The van der Waals surface area contributed by atoms with E-state index in [2.05, 4.69) is 34.8 Å². The van der Waals surface area contributed by atoms with Crippen molar-refractivity contribution in [1.29, 1.82) is 0 Å². The van der Waals surface area contributed by atoms with Crippen molar-refractivity contribution in [2.45, 2.75) is 39.5 Å². The number of halogens is 1. The Morgan fingerprint density at radius 3 is 2.34 bits per heavy atom. The van der Waals surface area contributed by atoms with Crippen LogP contribution in [-0.2, 0) is 14.3 Å². The van der Waals surface area contributed by atoms with Gasteiger partial charge in [-0.15, -0.1) is 0 Å². The molecule has 0 N–H and O–H groups in total. The fourth-order valence-electron chi connectivity index (χ4n) is 4.32. The third kappa shape index (κ3) is 3.84. The van der Waals surface area contributed by atoms with Gasteiger partial charge in [0.25, 0.3) is 0 Å². The number of carbonyl (C=O) groups excluding carboxylic acids is 2. The standard InChI is InChI=1S/C22H26BrNO5/c1-11-18(21(26)29-6)19(12-7-16(27-4)17(28-5)8-13(12)23)20-14(24-11)9-22(2,3)10-15(20)25/h7-8,18-19H,9-10H2,1-6H3/t18?,19-/m1/s1. The van der Waals surface area contributed by atoms with E-state index in [4.69, 9.17) is 14.2 Å². The Balaban J connectivity index is 2.27. The third-order valence-electron chi connectivity index (χ3n) is 5.60. The number of hydrogen-bond acceptors (Lipinski definition) is 6.